The third-order valence-corrected chi connectivity index (χ3v) is 5.34. The standard InChI is InChI=1S/C21H25N3O2S/c1-4-15-5-8-17(9-6-15)18-14-27-21(24-23-18)22-12-11-16-7-10-19(25-2)20(13-16)26-3/h5-10,13H,4,11-12,14H2,1-3H3,(H,22,24). The molecule has 6 heteroatoms. The highest BCUT2D eigenvalue weighted by Gasteiger charge is 2.13. The lowest BCUT2D eigenvalue weighted by molar-refractivity contribution is 0.354. The second-order valence-electron chi connectivity index (χ2n) is 6.14. The van der Waals surface area contributed by atoms with Gasteiger partial charge in [-0.2, -0.15) is 5.10 Å². The number of aliphatic imine (C=N–C) groups is 1. The van der Waals surface area contributed by atoms with Crippen molar-refractivity contribution in [2.45, 2.75) is 19.8 Å². The van der Waals surface area contributed by atoms with Crippen LogP contribution in [0.15, 0.2) is 52.6 Å². The number of ether oxygens (including phenoxy) is 2. The van der Waals surface area contributed by atoms with Crippen LogP contribution in [0.2, 0.25) is 0 Å². The van der Waals surface area contributed by atoms with Gasteiger partial charge in [0.2, 0.25) is 0 Å². The number of rotatable bonds is 7. The summed E-state index contributed by atoms with van der Waals surface area (Å²) in [6, 6.07) is 14.6. The molecule has 1 aliphatic rings. The Bertz CT molecular complexity index is 832. The fourth-order valence-corrected chi connectivity index (χ4v) is 3.60. The third kappa shape index (κ3) is 5.04. The molecule has 0 saturated heterocycles. The van der Waals surface area contributed by atoms with E-state index in [-0.39, 0.29) is 0 Å². The molecular weight excluding hydrogens is 358 g/mol. The molecule has 0 fully saturated rings. The van der Waals surface area contributed by atoms with Crippen LogP contribution in [0, 0.1) is 0 Å². The summed E-state index contributed by atoms with van der Waals surface area (Å²) in [6.45, 7) is 2.86. The molecule has 0 atom stereocenters. The van der Waals surface area contributed by atoms with Gasteiger partial charge in [0, 0.05) is 12.3 Å². The predicted molar refractivity (Wildman–Crippen MR) is 114 cm³/mol. The van der Waals surface area contributed by atoms with E-state index in [9.17, 15) is 0 Å². The Hall–Kier alpha value is -2.47. The lowest BCUT2D eigenvalue weighted by atomic mass is 10.1. The topological polar surface area (TPSA) is 55.2 Å². The van der Waals surface area contributed by atoms with Crippen molar-refractivity contribution in [3.63, 3.8) is 0 Å². The molecule has 27 heavy (non-hydrogen) atoms. The van der Waals surface area contributed by atoms with Crippen molar-refractivity contribution >= 4 is 22.6 Å². The number of hydrogen-bond donors (Lipinski definition) is 1. The fourth-order valence-electron chi connectivity index (χ4n) is 2.80. The minimum absolute atomic E-state index is 0.695. The second kappa shape index (κ2) is 9.46. The highest BCUT2D eigenvalue weighted by atomic mass is 32.2. The lowest BCUT2D eigenvalue weighted by Gasteiger charge is -2.15. The minimum atomic E-state index is 0.695. The smallest absolute Gasteiger partial charge is 0.177 e. The Morgan fingerprint density at radius 1 is 1.04 bits per heavy atom. The SMILES string of the molecule is CCc1ccc(C2=NNC(=NCCc3ccc(OC)c(OC)c3)SC2)cc1. The van der Waals surface area contributed by atoms with Crippen LogP contribution in [0.1, 0.15) is 23.6 Å². The molecule has 0 spiro atoms. The first kappa shape index (κ1) is 19.3. The predicted octanol–water partition coefficient (Wildman–Crippen LogP) is 3.91. The molecule has 2 aromatic rings. The van der Waals surface area contributed by atoms with E-state index in [2.05, 4.69) is 46.7 Å². The van der Waals surface area contributed by atoms with E-state index < -0.39 is 0 Å². The summed E-state index contributed by atoms with van der Waals surface area (Å²) in [6.07, 6.45) is 1.89. The van der Waals surface area contributed by atoms with Crippen molar-refractivity contribution < 1.29 is 9.47 Å². The van der Waals surface area contributed by atoms with Crippen LogP contribution in [0.5, 0.6) is 11.5 Å². The van der Waals surface area contributed by atoms with Crippen LogP contribution in [0.4, 0.5) is 0 Å². The Kier molecular flexibility index (Phi) is 6.76. The highest BCUT2D eigenvalue weighted by molar-refractivity contribution is 8.14. The number of methoxy groups -OCH3 is 2. The maximum Gasteiger partial charge on any atom is 0.177 e. The molecule has 0 bridgehead atoms. The van der Waals surface area contributed by atoms with E-state index in [1.54, 1.807) is 26.0 Å². The first-order chi connectivity index (χ1) is 13.2. The zero-order chi connectivity index (χ0) is 19.1. The van der Waals surface area contributed by atoms with Crippen LogP contribution >= 0.6 is 11.8 Å². The van der Waals surface area contributed by atoms with E-state index in [4.69, 9.17) is 9.47 Å². The molecule has 142 valence electrons. The van der Waals surface area contributed by atoms with E-state index in [1.165, 1.54) is 5.56 Å². The van der Waals surface area contributed by atoms with Crippen LogP contribution in [-0.2, 0) is 12.8 Å². The molecule has 0 saturated carbocycles. The monoisotopic (exact) mass is 383 g/mol. The maximum atomic E-state index is 5.35. The average Bonchev–Trinajstić information content (AvgIpc) is 2.74. The maximum absolute atomic E-state index is 5.35. The molecule has 3 rings (SSSR count). The van der Waals surface area contributed by atoms with E-state index >= 15 is 0 Å². The number of aryl methyl sites for hydroxylation is 1. The highest BCUT2D eigenvalue weighted by Crippen LogP contribution is 2.27. The summed E-state index contributed by atoms with van der Waals surface area (Å²) < 4.78 is 10.6. The average molecular weight is 384 g/mol. The van der Waals surface area contributed by atoms with Gasteiger partial charge < -0.3 is 9.47 Å². The summed E-state index contributed by atoms with van der Waals surface area (Å²) >= 11 is 1.69. The van der Waals surface area contributed by atoms with Gasteiger partial charge in [-0.05, 0) is 41.7 Å². The van der Waals surface area contributed by atoms with Crippen LogP contribution in [-0.4, -0.2) is 37.4 Å². The molecular formula is C21H25N3O2S. The van der Waals surface area contributed by atoms with Crippen molar-refractivity contribution in [2.24, 2.45) is 10.1 Å². The molecule has 1 heterocycles. The first-order valence-electron chi connectivity index (χ1n) is 9.03. The van der Waals surface area contributed by atoms with Gasteiger partial charge >= 0.3 is 0 Å². The summed E-state index contributed by atoms with van der Waals surface area (Å²) in [5.74, 6) is 2.32. The molecule has 1 aliphatic heterocycles. The normalized spacial score (nSPS) is 15.2. The number of nitrogens with zero attached hydrogens (tertiary/aromatic N) is 2. The molecule has 2 aromatic carbocycles. The number of hydrazone groups is 1. The van der Waals surface area contributed by atoms with Crippen molar-refractivity contribution in [1.82, 2.24) is 5.43 Å². The van der Waals surface area contributed by atoms with Gasteiger partial charge in [-0.25, -0.2) is 0 Å². The molecule has 0 aliphatic carbocycles. The number of thioether (sulfide) groups is 1. The number of hydrogen-bond acceptors (Lipinski definition) is 5. The second-order valence-corrected chi connectivity index (χ2v) is 7.10. The van der Waals surface area contributed by atoms with Crippen LogP contribution < -0.4 is 14.9 Å². The molecule has 5 nitrogen and oxygen atoms in total. The van der Waals surface area contributed by atoms with Crippen molar-refractivity contribution in [2.75, 3.05) is 26.5 Å². The molecule has 0 radical (unpaired) electrons. The molecule has 0 aromatic heterocycles. The number of benzene rings is 2. The lowest BCUT2D eigenvalue weighted by Crippen LogP contribution is -2.25. The summed E-state index contributed by atoms with van der Waals surface area (Å²) in [4.78, 5) is 4.62. The Morgan fingerprint density at radius 2 is 1.78 bits per heavy atom. The zero-order valence-electron chi connectivity index (χ0n) is 16.0. The summed E-state index contributed by atoms with van der Waals surface area (Å²) in [7, 11) is 3.29. The number of amidine groups is 1. The van der Waals surface area contributed by atoms with Crippen LogP contribution in [0.3, 0.4) is 0 Å². The van der Waals surface area contributed by atoms with Gasteiger partial charge in [-0.15, -0.1) is 0 Å². The third-order valence-electron chi connectivity index (χ3n) is 4.43. The molecule has 0 unspecified atom stereocenters. The summed E-state index contributed by atoms with van der Waals surface area (Å²) in [5.41, 5.74) is 7.81. The van der Waals surface area contributed by atoms with E-state index in [0.717, 1.165) is 52.1 Å². The van der Waals surface area contributed by atoms with E-state index in [1.807, 2.05) is 18.2 Å². The molecule has 0 amide bonds. The minimum Gasteiger partial charge on any atom is -0.493 e. The Labute approximate surface area is 164 Å². The quantitative estimate of drug-likeness (QED) is 0.788. The number of nitrogens with one attached hydrogen (secondary N) is 1. The van der Waals surface area contributed by atoms with Crippen molar-refractivity contribution in [1.29, 1.82) is 0 Å². The van der Waals surface area contributed by atoms with Gasteiger partial charge in [0.25, 0.3) is 0 Å². The summed E-state index contributed by atoms with van der Waals surface area (Å²) in [5, 5.41) is 5.36. The first-order valence-corrected chi connectivity index (χ1v) is 10.0. The van der Waals surface area contributed by atoms with Crippen LogP contribution in [0.25, 0.3) is 0 Å². The largest absolute Gasteiger partial charge is 0.493 e. The van der Waals surface area contributed by atoms with Gasteiger partial charge in [-0.1, -0.05) is 49.0 Å². The molecule has 1 N–H and O–H groups in total. The Balaban J connectivity index is 1.56. The van der Waals surface area contributed by atoms with Gasteiger partial charge in [0.15, 0.2) is 16.7 Å². The van der Waals surface area contributed by atoms with Gasteiger partial charge in [-0.3, -0.25) is 10.4 Å². The zero-order valence-corrected chi connectivity index (χ0v) is 16.8. The van der Waals surface area contributed by atoms with Gasteiger partial charge in [0.1, 0.15) is 0 Å². The fraction of sp³-hybridized carbons (Fsp3) is 0.333. The van der Waals surface area contributed by atoms with E-state index in [0.29, 0.717) is 6.54 Å². The Morgan fingerprint density at radius 3 is 2.41 bits per heavy atom. The van der Waals surface area contributed by atoms with Crippen molar-refractivity contribution in [3.8, 4) is 11.5 Å². The van der Waals surface area contributed by atoms with Crippen molar-refractivity contribution in [3.05, 3.63) is 59.2 Å². The van der Waals surface area contributed by atoms with Gasteiger partial charge in [0.05, 0.1) is 19.9 Å².